The Bertz CT molecular complexity index is 1560. The third kappa shape index (κ3) is 4.66. The topological polar surface area (TPSA) is 86.8 Å². The van der Waals surface area contributed by atoms with Gasteiger partial charge in [0.25, 0.3) is 0 Å². The number of aromatic nitrogens is 1. The van der Waals surface area contributed by atoms with Gasteiger partial charge in [0.2, 0.25) is 0 Å². The number of nitrogens with zero attached hydrogens (tertiary/aromatic N) is 1. The number of Topliss-reactive ketones (excluding diaryl/α,β-unsaturated/α-hetero) is 1. The largest absolute Gasteiger partial charge is 0.496 e. The van der Waals surface area contributed by atoms with Crippen molar-refractivity contribution in [1.82, 2.24) is 10.3 Å². The van der Waals surface area contributed by atoms with Gasteiger partial charge >= 0.3 is 5.97 Å². The minimum atomic E-state index is -0.720. The lowest BCUT2D eigenvalue weighted by Gasteiger charge is -2.37. The summed E-state index contributed by atoms with van der Waals surface area (Å²) in [5, 5.41) is 3.96. The Labute approximate surface area is 232 Å². The van der Waals surface area contributed by atoms with Crippen molar-refractivity contribution in [3.8, 4) is 5.75 Å². The van der Waals surface area contributed by atoms with Crippen LogP contribution in [0.25, 0.3) is 10.9 Å². The van der Waals surface area contributed by atoms with Crippen LogP contribution in [0.1, 0.15) is 55.6 Å². The van der Waals surface area contributed by atoms with Crippen LogP contribution in [-0.2, 0) is 19.1 Å². The molecule has 40 heavy (non-hydrogen) atoms. The van der Waals surface area contributed by atoms with E-state index in [1.165, 1.54) is 12.3 Å². The molecule has 0 bridgehead atoms. The fourth-order valence-electron chi connectivity index (χ4n) is 6.27. The van der Waals surface area contributed by atoms with Gasteiger partial charge in [0.1, 0.15) is 23.2 Å². The van der Waals surface area contributed by atoms with Gasteiger partial charge in [-0.1, -0.05) is 30.3 Å². The molecule has 1 fully saturated rings. The zero-order chi connectivity index (χ0) is 27.8. The van der Waals surface area contributed by atoms with Gasteiger partial charge in [-0.3, -0.25) is 9.78 Å². The van der Waals surface area contributed by atoms with Gasteiger partial charge < -0.3 is 19.5 Å². The standard InChI is InChI=1S/C32H31FN2O5/c1-18-28(32(37)40-20-11-14-39-15-12-20)29(22-10-13-34-31-23(22)7-5-8-24(31)33)30-25(35-18)16-19(17-26(30)36)21-6-3-4-9-27(21)38-2/h3-10,13,19-20,29,35H,11-12,14-17H2,1-2H3/t19-,29-/m1/s1. The zero-order valence-corrected chi connectivity index (χ0v) is 22.5. The molecule has 2 aliphatic heterocycles. The van der Waals surface area contributed by atoms with Gasteiger partial charge in [0.15, 0.2) is 5.78 Å². The zero-order valence-electron chi connectivity index (χ0n) is 22.5. The molecule has 0 saturated carbocycles. The summed E-state index contributed by atoms with van der Waals surface area (Å²) in [5.41, 5.74) is 4.09. The van der Waals surface area contributed by atoms with Crippen molar-refractivity contribution in [2.24, 2.45) is 0 Å². The number of methoxy groups -OCH3 is 1. The first-order valence-electron chi connectivity index (χ1n) is 13.6. The van der Waals surface area contributed by atoms with E-state index in [1.807, 2.05) is 31.2 Å². The summed E-state index contributed by atoms with van der Waals surface area (Å²) >= 11 is 0. The lowest BCUT2D eigenvalue weighted by Crippen LogP contribution is -2.37. The van der Waals surface area contributed by atoms with Crippen LogP contribution < -0.4 is 10.1 Å². The van der Waals surface area contributed by atoms with Crippen molar-refractivity contribution in [3.05, 3.63) is 94.2 Å². The van der Waals surface area contributed by atoms with Crippen molar-refractivity contribution in [1.29, 1.82) is 0 Å². The molecule has 2 aromatic carbocycles. The molecule has 0 amide bonds. The number of benzene rings is 2. The minimum absolute atomic E-state index is 0.0695. The van der Waals surface area contributed by atoms with E-state index in [1.54, 1.807) is 25.3 Å². The summed E-state index contributed by atoms with van der Waals surface area (Å²) in [5.74, 6) is -1.08. The average molecular weight is 543 g/mol. The maximum Gasteiger partial charge on any atom is 0.337 e. The van der Waals surface area contributed by atoms with Crippen LogP contribution in [0.2, 0.25) is 0 Å². The molecule has 0 spiro atoms. The molecule has 1 N–H and O–H groups in total. The van der Waals surface area contributed by atoms with Gasteiger partial charge in [-0.15, -0.1) is 0 Å². The first-order chi connectivity index (χ1) is 19.5. The molecule has 3 aliphatic rings. The van der Waals surface area contributed by atoms with Crippen molar-refractivity contribution >= 4 is 22.7 Å². The number of ether oxygens (including phenoxy) is 3. The SMILES string of the molecule is COc1ccccc1[C@H]1CC(=O)C2=C(C1)NC(C)=C(C(=O)OC1CCOCC1)[C@H]2c1ccnc2c(F)cccc12. The highest BCUT2D eigenvalue weighted by Gasteiger charge is 2.43. The molecule has 1 aromatic heterocycles. The highest BCUT2D eigenvalue weighted by Crippen LogP contribution is 2.48. The number of carbonyl (C=O) groups excluding carboxylic acids is 2. The second kappa shape index (κ2) is 10.8. The second-order valence-corrected chi connectivity index (χ2v) is 10.5. The molecule has 0 radical (unpaired) electrons. The Hall–Kier alpha value is -4.04. The first kappa shape index (κ1) is 26.2. The van der Waals surface area contributed by atoms with E-state index in [4.69, 9.17) is 14.2 Å². The molecule has 3 aromatic rings. The summed E-state index contributed by atoms with van der Waals surface area (Å²) in [7, 11) is 1.62. The molecule has 8 heteroatoms. The Morgan fingerprint density at radius 3 is 2.65 bits per heavy atom. The molecular weight excluding hydrogens is 511 g/mol. The van der Waals surface area contributed by atoms with E-state index >= 15 is 0 Å². The summed E-state index contributed by atoms with van der Waals surface area (Å²) in [6.45, 7) is 2.90. The lowest BCUT2D eigenvalue weighted by atomic mass is 9.71. The molecule has 7 nitrogen and oxygen atoms in total. The van der Waals surface area contributed by atoms with Gasteiger partial charge in [-0.2, -0.15) is 0 Å². The number of dihydropyridines is 1. The van der Waals surface area contributed by atoms with Crippen molar-refractivity contribution in [2.75, 3.05) is 20.3 Å². The fraction of sp³-hybridized carbons (Fsp3) is 0.344. The molecule has 1 aliphatic carbocycles. The van der Waals surface area contributed by atoms with Gasteiger partial charge in [-0.25, -0.2) is 9.18 Å². The maximum absolute atomic E-state index is 14.8. The van der Waals surface area contributed by atoms with E-state index in [0.29, 0.717) is 60.3 Å². The summed E-state index contributed by atoms with van der Waals surface area (Å²) in [6.07, 6.45) is 3.33. The average Bonchev–Trinajstić information content (AvgIpc) is 2.96. The molecule has 206 valence electrons. The number of halogens is 1. The third-order valence-corrected chi connectivity index (χ3v) is 8.13. The molecule has 3 heterocycles. The van der Waals surface area contributed by atoms with E-state index in [9.17, 15) is 14.0 Å². The van der Waals surface area contributed by atoms with Crippen molar-refractivity contribution in [2.45, 2.75) is 50.5 Å². The molecule has 2 atom stereocenters. The maximum atomic E-state index is 14.8. The number of esters is 1. The number of nitrogens with one attached hydrogen (secondary N) is 1. The van der Waals surface area contributed by atoms with Crippen LogP contribution in [0.15, 0.2) is 77.3 Å². The third-order valence-electron chi connectivity index (χ3n) is 8.13. The van der Waals surface area contributed by atoms with Crippen LogP contribution in [-0.4, -0.2) is 43.2 Å². The van der Waals surface area contributed by atoms with Gasteiger partial charge in [-0.05, 0) is 42.7 Å². The van der Waals surface area contributed by atoms with Crippen LogP contribution >= 0.6 is 0 Å². The van der Waals surface area contributed by atoms with Gasteiger partial charge in [0, 0.05) is 59.6 Å². The van der Waals surface area contributed by atoms with E-state index in [0.717, 1.165) is 17.0 Å². The van der Waals surface area contributed by atoms with Crippen molar-refractivity contribution in [3.63, 3.8) is 0 Å². The van der Waals surface area contributed by atoms with Gasteiger partial charge in [0.05, 0.1) is 25.9 Å². The molecule has 1 saturated heterocycles. The summed E-state index contributed by atoms with van der Waals surface area (Å²) in [4.78, 5) is 32.1. The quantitative estimate of drug-likeness (QED) is 0.428. The Morgan fingerprint density at radius 1 is 1.05 bits per heavy atom. The number of fused-ring (bicyclic) bond motifs is 1. The van der Waals surface area contributed by atoms with Crippen LogP contribution in [0.4, 0.5) is 4.39 Å². The van der Waals surface area contributed by atoms with E-state index in [-0.39, 0.29) is 29.7 Å². The second-order valence-electron chi connectivity index (χ2n) is 10.5. The van der Waals surface area contributed by atoms with Crippen molar-refractivity contribution < 1.29 is 28.2 Å². The minimum Gasteiger partial charge on any atom is -0.496 e. The number of pyridine rings is 1. The van der Waals surface area contributed by atoms with Crippen LogP contribution in [0, 0.1) is 5.82 Å². The number of hydrogen-bond donors (Lipinski definition) is 1. The highest BCUT2D eigenvalue weighted by atomic mass is 19.1. The number of rotatable bonds is 5. The smallest absolute Gasteiger partial charge is 0.337 e. The van der Waals surface area contributed by atoms with E-state index in [2.05, 4.69) is 10.3 Å². The number of hydrogen-bond acceptors (Lipinski definition) is 7. The normalized spacial score (nSPS) is 21.7. The number of ketones is 1. The number of allylic oxidation sites excluding steroid dienone is 3. The van der Waals surface area contributed by atoms with Crippen LogP contribution in [0.3, 0.4) is 0 Å². The Morgan fingerprint density at radius 2 is 1.85 bits per heavy atom. The molecule has 0 unspecified atom stereocenters. The fourth-order valence-corrected chi connectivity index (χ4v) is 6.27. The number of para-hydroxylation sites is 2. The molecular formula is C32H31FN2O5. The summed E-state index contributed by atoms with van der Waals surface area (Å²) in [6, 6.07) is 14.3. The first-order valence-corrected chi connectivity index (χ1v) is 13.6. The predicted octanol–water partition coefficient (Wildman–Crippen LogP) is 5.47. The summed E-state index contributed by atoms with van der Waals surface area (Å²) < 4.78 is 31.8. The lowest BCUT2D eigenvalue weighted by molar-refractivity contribution is -0.148. The monoisotopic (exact) mass is 542 g/mol. The highest BCUT2D eigenvalue weighted by molar-refractivity contribution is 6.05. The number of carbonyl (C=O) groups is 2. The Balaban J connectivity index is 1.47. The predicted molar refractivity (Wildman–Crippen MR) is 147 cm³/mol. The Kier molecular flexibility index (Phi) is 7.11. The molecule has 6 rings (SSSR count). The van der Waals surface area contributed by atoms with Crippen LogP contribution in [0.5, 0.6) is 5.75 Å². The van der Waals surface area contributed by atoms with E-state index < -0.39 is 17.7 Å².